The highest BCUT2D eigenvalue weighted by Crippen LogP contribution is 2.32. The van der Waals surface area contributed by atoms with Crippen LogP contribution in [0.25, 0.3) is 0 Å². The van der Waals surface area contributed by atoms with E-state index in [0.29, 0.717) is 25.2 Å². The Balaban J connectivity index is 1.54. The Morgan fingerprint density at radius 2 is 1.69 bits per heavy atom. The second kappa shape index (κ2) is 9.50. The van der Waals surface area contributed by atoms with Gasteiger partial charge in [-0.2, -0.15) is 4.31 Å². The number of para-hydroxylation sites is 1. The highest BCUT2D eigenvalue weighted by Gasteiger charge is 2.34. The van der Waals surface area contributed by atoms with Crippen LogP contribution >= 0.6 is 0 Å². The summed E-state index contributed by atoms with van der Waals surface area (Å²) < 4.78 is 33.8. The minimum atomic E-state index is -3.76. The number of nitrogens with zero attached hydrogens (tertiary/aromatic N) is 3. The summed E-state index contributed by atoms with van der Waals surface area (Å²) in [4.78, 5) is 17.3. The van der Waals surface area contributed by atoms with Crippen LogP contribution < -0.4 is 9.64 Å². The van der Waals surface area contributed by atoms with Crippen LogP contribution in [-0.2, 0) is 10.0 Å². The van der Waals surface area contributed by atoms with Gasteiger partial charge in [-0.1, -0.05) is 24.6 Å². The van der Waals surface area contributed by atoms with Gasteiger partial charge in [0.25, 0.3) is 5.91 Å². The standard InChI is InChI=1S/C24H31N3O4S/c1-19-8-6-7-13-27(19)32(29,30)23-18-20(11-12-22(23)31-2)24(28)26-16-14-25(15-17-26)21-9-4-3-5-10-21/h3-5,9-12,18-19H,6-8,13-17H2,1-2H3. The van der Waals surface area contributed by atoms with Gasteiger partial charge in [0.15, 0.2) is 0 Å². The normalized spacial score (nSPS) is 20.2. The number of rotatable bonds is 5. The zero-order chi connectivity index (χ0) is 22.7. The molecular weight excluding hydrogens is 426 g/mol. The molecule has 2 aromatic rings. The van der Waals surface area contributed by atoms with E-state index in [2.05, 4.69) is 17.0 Å². The highest BCUT2D eigenvalue weighted by molar-refractivity contribution is 7.89. The number of piperidine rings is 1. The fourth-order valence-electron chi connectivity index (χ4n) is 4.56. The van der Waals surface area contributed by atoms with E-state index < -0.39 is 10.0 Å². The maximum Gasteiger partial charge on any atom is 0.254 e. The molecule has 172 valence electrons. The van der Waals surface area contributed by atoms with Crippen LogP contribution in [0.2, 0.25) is 0 Å². The lowest BCUT2D eigenvalue weighted by atomic mass is 10.1. The molecule has 0 bridgehead atoms. The number of carbonyl (C=O) groups excluding carboxylic acids is 1. The van der Waals surface area contributed by atoms with Gasteiger partial charge in [-0.15, -0.1) is 0 Å². The highest BCUT2D eigenvalue weighted by atomic mass is 32.2. The van der Waals surface area contributed by atoms with Gasteiger partial charge < -0.3 is 14.5 Å². The van der Waals surface area contributed by atoms with E-state index in [0.717, 1.165) is 38.0 Å². The lowest BCUT2D eigenvalue weighted by Gasteiger charge is -2.36. The van der Waals surface area contributed by atoms with Gasteiger partial charge in [-0.05, 0) is 50.1 Å². The number of carbonyl (C=O) groups is 1. The van der Waals surface area contributed by atoms with Crippen molar-refractivity contribution >= 4 is 21.6 Å². The first kappa shape index (κ1) is 22.6. The largest absolute Gasteiger partial charge is 0.495 e. The third kappa shape index (κ3) is 4.47. The molecule has 2 saturated heterocycles. The maximum atomic E-state index is 13.4. The van der Waals surface area contributed by atoms with Crippen molar-refractivity contribution in [1.82, 2.24) is 9.21 Å². The molecule has 2 aliphatic rings. The summed E-state index contributed by atoms with van der Waals surface area (Å²) in [5.74, 6) is 0.122. The predicted octanol–water partition coefficient (Wildman–Crippen LogP) is 3.22. The van der Waals surface area contributed by atoms with E-state index in [-0.39, 0.29) is 22.6 Å². The van der Waals surface area contributed by atoms with Crippen molar-refractivity contribution in [1.29, 1.82) is 0 Å². The molecule has 4 rings (SSSR count). The van der Waals surface area contributed by atoms with Crippen LogP contribution in [0, 0.1) is 0 Å². The number of hydrogen-bond acceptors (Lipinski definition) is 5. The van der Waals surface area contributed by atoms with Crippen molar-refractivity contribution in [2.75, 3.05) is 44.7 Å². The average Bonchev–Trinajstić information content (AvgIpc) is 2.84. The Morgan fingerprint density at radius 1 is 0.969 bits per heavy atom. The van der Waals surface area contributed by atoms with Gasteiger partial charge in [0, 0.05) is 50.0 Å². The van der Waals surface area contributed by atoms with Gasteiger partial charge in [-0.25, -0.2) is 8.42 Å². The molecule has 2 fully saturated rings. The van der Waals surface area contributed by atoms with Crippen LogP contribution in [0.15, 0.2) is 53.4 Å². The molecule has 0 N–H and O–H groups in total. The van der Waals surface area contributed by atoms with Crippen LogP contribution in [0.3, 0.4) is 0 Å². The molecule has 0 radical (unpaired) electrons. The fourth-order valence-corrected chi connectivity index (χ4v) is 6.44. The molecule has 7 nitrogen and oxygen atoms in total. The molecule has 1 unspecified atom stereocenters. The number of hydrogen-bond donors (Lipinski definition) is 0. The lowest BCUT2D eigenvalue weighted by Crippen LogP contribution is -2.48. The van der Waals surface area contributed by atoms with Crippen LogP contribution in [0.5, 0.6) is 5.75 Å². The first-order valence-corrected chi connectivity index (χ1v) is 12.6. The Bertz CT molecular complexity index is 1050. The summed E-state index contributed by atoms with van der Waals surface area (Å²) in [6.45, 7) is 5.08. The predicted molar refractivity (Wildman–Crippen MR) is 125 cm³/mol. The monoisotopic (exact) mass is 457 g/mol. The summed E-state index contributed by atoms with van der Waals surface area (Å²) >= 11 is 0. The molecule has 0 aliphatic carbocycles. The Labute approximate surface area is 190 Å². The first-order chi connectivity index (χ1) is 15.4. The van der Waals surface area contributed by atoms with E-state index in [1.54, 1.807) is 21.3 Å². The molecule has 1 amide bonds. The molecular formula is C24H31N3O4S. The molecule has 2 aromatic carbocycles. The van der Waals surface area contributed by atoms with Crippen molar-refractivity contribution in [2.45, 2.75) is 37.1 Å². The van der Waals surface area contributed by atoms with Crippen molar-refractivity contribution < 1.29 is 17.9 Å². The minimum absolute atomic E-state index is 0.0659. The minimum Gasteiger partial charge on any atom is -0.495 e. The quantitative estimate of drug-likeness (QED) is 0.690. The average molecular weight is 458 g/mol. The van der Waals surface area contributed by atoms with Gasteiger partial charge in [0.2, 0.25) is 10.0 Å². The topological polar surface area (TPSA) is 70.2 Å². The fraction of sp³-hybridized carbons (Fsp3) is 0.458. The summed E-state index contributed by atoms with van der Waals surface area (Å²) in [6.07, 6.45) is 2.71. The Hall–Kier alpha value is -2.58. The van der Waals surface area contributed by atoms with Gasteiger partial charge in [-0.3, -0.25) is 4.79 Å². The summed E-state index contributed by atoms with van der Waals surface area (Å²) in [6, 6.07) is 14.8. The third-order valence-electron chi connectivity index (χ3n) is 6.43. The van der Waals surface area contributed by atoms with E-state index in [9.17, 15) is 13.2 Å². The second-order valence-corrected chi connectivity index (χ2v) is 10.3. The van der Waals surface area contributed by atoms with E-state index in [1.807, 2.05) is 25.1 Å². The SMILES string of the molecule is COc1ccc(C(=O)N2CCN(c3ccccc3)CC2)cc1S(=O)(=O)N1CCCCC1C. The second-order valence-electron chi connectivity index (χ2n) is 8.44. The molecule has 0 saturated carbocycles. The number of methoxy groups -OCH3 is 1. The van der Waals surface area contributed by atoms with Crippen molar-refractivity contribution in [3.05, 3.63) is 54.1 Å². The van der Waals surface area contributed by atoms with E-state index in [4.69, 9.17) is 4.74 Å². The lowest BCUT2D eigenvalue weighted by molar-refractivity contribution is 0.0746. The molecule has 8 heteroatoms. The van der Waals surface area contributed by atoms with Gasteiger partial charge in [0.05, 0.1) is 7.11 Å². The molecule has 0 aromatic heterocycles. The molecule has 0 spiro atoms. The number of piperazine rings is 1. The van der Waals surface area contributed by atoms with E-state index in [1.165, 1.54) is 13.2 Å². The molecule has 2 heterocycles. The van der Waals surface area contributed by atoms with Gasteiger partial charge >= 0.3 is 0 Å². The smallest absolute Gasteiger partial charge is 0.254 e. The maximum absolute atomic E-state index is 13.4. The van der Waals surface area contributed by atoms with Gasteiger partial charge in [0.1, 0.15) is 10.6 Å². The summed E-state index contributed by atoms with van der Waals surface area (Å²) in [7, 11) is -2.30. The number of ether oxygens (including phenoxy) is 1. The third-order valence-corrected chi connectivity index (χ3v) is 8.46. The van der Waals surface area contributed by atoms with Crippen molar-refractivity contribution in [2.24, 2.45) is 0 Å². The zero-order valence-corrected chi connectivity index (χ0v) is 19.6. The van der Waals surface area contributed by atoms with E-state index >= 15 is 0 Å². The first-order valence-electron chi connectivity index (χ1n) is 11.2. The Morgan fingerprint density at radius 3 is 2.34 bits per heavy atom. The summed E-state index contributed by atoms with van der Waals surface area (Å²) in [5, 5.41) is 0. The van der Waals surface area contributed by atoms with Crippen molar-refractivity contribution in [3.63, 3.8) is 0 Å². The number of benzene rings is 2. The molecule has 2 aliphatic heterocycles. The summed E-state index contributed by atoms with van der Waals surface area (Å²) in [5.41, 5.74) is 1.52. The molecule has 1 atom stereocenters. The number of sulfonamides is 1. The number of anilines is 1. The number of amides is 1. The van der Waals surface area contributed by atoms with Crippen LogP contribution in [-0.4, -0.2) is 69.4 Å². The van der Waals surface area contributed by atoms with Crippen LogP contribution in [0.1, 0.15) is 36.5 Å². The Kier molecular flexibility index (Phi) is 6.71. The van der Waals surface area contributed by atoms with Crippen LogP contribution in [0.4, 0.5) is 5.69 Å². The molecule has 32 heavy (non-hydrogen) atoms. The van der Waals surface area contributed by atoms with Crippen molar-refractivity contribution in [3.8, 4) is 5.75 Å². The zero-order valence-electron chi connectivity index (χ0n) is 18.7.